The van der Waals surface area contributed by atoms with Gasteiger partial charge in [-0.3, -0.25) is 4.98 Å². The van der Waals surface area contributed by atoms with Gasteiger partial charge in [0.25, 0.3) is 6.43 Å². The van der Waals surface area contributed by atoms with E-state index in [4.69, 9.17) is 14.2 Å². The van der Waals surface area contributed by atoms with Crippen LogP contribution in [0, 0.1) is 0 Å². The third-order valence-electron chi connectivity index (χ3n) is 4.34. The molecule has 0 radical (unpaired) electrons. The number of hydrogen-bond acceptors (Lipinski definition) is 4. The number of methoxy groups -OCH3 is 1. The molecule has 0 aliphatic heterocycles. The first-order chi connectivity index (χ1) is 13.3. The molecular formula is C21H26BrF2NO3. The average Bonchev–Trinajstić information content (AvgIpc) is 2.65. The summed E-state index contributed by atoms with van der Waals surface area (Å²) in [6.45, 7) is 6.59. The predicted octanol–water partition coefficient (Wildman–Crippen LogP) is 6.53. The van der Waals surface area contributed by atoms with Crippen LogP contribution in [0.25, 0.3) is 11.1 Å². The van der Waals surface area contributed by atoms with E-state index in [-0.39, 0.29) is 24.7 Å². The van der Waals surface area contributed by atoms with E-state index in [1.54, 1.807) is 0 Å². The molecule has 0 spiro atoms. The summed E-state index contributed by atoms with van der Waals surface area (Å²) in [5, 5.41) is 0. The summed E-state index contributed by atoms with van der Waals surface area (Å²) in [4.78, 5) is 3.77. The summed E-state index contributed by atoms with van der Waals surface area (Å²) in [6, 6.07) is 6.98. The Kier molecular flexibility index (Phi) is 8.34. The SMILES string of the molecule is CCCC(C)(C)OCOCc1ccc(Br)cc1-c1cc(C(F)F)ncc1OC. The van der Waals surface area contributed by atoms with E-state index in [2.05, 4.69) is 27.8 Å². The molecule has 0 aliphatic carbocycles. The highest BCUT2D eigenvalue weighted by molar-refractivity contribution is 9.10. The van der Waals surface area contributed by atoms with Crippen LogP contribution in [0.2, 0.25) is 0 Å². The van der Waals surface area contributed by atoms with E-state index in [9.17, 15) is 8.78 Å². The van der Waals surface area contributed by atoms with Crippen molar-refractivity contribution in [2.24, 2.45) is 0 Å². The highest BCUT2D eigenvalue weighted by atomic mass is 79.9. The Morgan fingerprint density at radius 1 is 1.18 bits per heavy atom. The maximum Gasteiger partial charge on any atom is 0.280 e. The molecule has 1 aromatic heterocycles. The van der Waals surface area contributed by atoms with Crippen molar-refractivity contribution in [1.29, 1.82) is 0 Å². The van der Waals surface area contributed by atoms with Gasteiger partial charge in [-0.25, -0.2) is 8.78 Å². The first kappa shape index (κ1) is 22.7. The van der Waals surface area contributed by atoms with E-state index in [1.807, 2.05) is 32.0 Å². The lowest BCUT2D eigenvalue weighted by molar-refractivity contribution is -0.135. The van der Waals surface area contributed by atoms with E-state index >= 15 is 0 Å². The van der Waals surface area contributed by atoms with Crippen molar-refractivity contribution >= 4 is 15.9 Å². The van der Waals surface area contributed by atoms with Crippen LogP contribution < -0.4 is 4.74 Å². The Labute approximate surface area is 173 Å². The monoisotopic (exact) mass is 457 g/mol. The molecule has 0 fully saturated rings. The van der Waals surface area contributed by atoms with E-state index in [0.717, 1.165) is 28.4 Å². The Bertz CT molecular complexity index is 784. The molecule has 0 N–H and O–H groups in total. The molecule has 0 amide bonds. The molecular weight excluding hydrogens is 432 g/mol. The molecule has 28 heavy (non-hydrogen) atoms. The van der Waals surface area contributed by atoms with Crippen LogP contribution in [0.4, 0.5) is 8.78 Å². The zero-order chi connectivity index (χ0) is 20.7. The molecule has 0 aliphatic rings. The normalized spacial score (nSPS) is 11.9. The summed E-state index contributed by atoms with van der Waals surface area (Å²) in [5.74, 6) is 0.420. The van der Waals surface area contributed by atoms with Gasteiger partial charge in [0.1, 0.15) is 18.2 Å². The van der Waals surface area contributed by atoms with Crippen molar-refractivity contribution in [2.75, 3.05) is 13.9 Å². The molecule has 4 nitrogen and oxygen atoms in total. The summed E-state index contributed by atoms with van der Waals surface area (Å²) in [7, 11) is 1.49. The quantitative estimate of drug-likeness (QED) is 0.300. The molecule has 1 heterocycles. The molecule has 0 saturated carbocycles. The Morgan fingerprint density at radius 3 is 2.57 bits per heavy atom. The maximum absolute atomic E-state index is 13.1. The molecule has 2 aromatic rings. The van der Waals surface area contributed by atoms with E-state index < -0.39 is 6.43 Å². The van der Waals surface area contributed by atoms with Gasteiger partial charge in [-0.15, -0.1) is 0 Å². The van der Waals surface area contributed by atoms with Crippen molar-refractivity contribution in [3.63, 3.8) is 0 Å². The lowest BCUT2D eigenvalue weighted by atomic mass is 9.99. The van der Waals surface area contributed by atoms with Gasteiger partial charge in [0, 0.05) is 10.0 Å². The van der Waals surface area contributed by atoms with Crippen LogP contribution in [-0.4, -0.2) is 24.5 Å². The number of hydrogen-bond donors (Lipinski definition) is 0. The third kappa shape index (κ3) is 6.22. The van der Waals surface area contributed by atoms with Gasteiger partial charge in [-0.1, -0.05) is 35.3 Å². The molecule has 0 saturated heterocycles. The number of nitrogens with zero attached hydrogens (tertiary/aromatic N) is 1. The molecule has 1 aromatic carbocycles. The van der Waals surface area contributed by atoms with Gasteiger partial charge in [0.05, 0.1) is 25.5 Å². The van der Waals surface area contributed by atoms with Crippen LogP contribution in [0.1, 0.15) is 51.3 Å². The fourth-order valence-corrected chi connectivity index (χ4v) is 3.26. The number of alkyl halides is 2. The molecule has 0 unspecified atom stereocenters. The number of benzene rings is 1. The second-order valence-electron chi connectivity index (χ2n) is 7.03. The van der Waals surface area contributed by atoms with Crippen LogP contribution in [0.15, 0.2) is 34.9 Å². The van der Waals surface area contributed by atoms with Crippen molar-refractivity contribution in [2.45, 2.75) is 52.2 Å². The van der Waals surface area contributed by atoms with Crippen molar-refractivity contribution in [3.8, 4) is 16.9 Å². The van der Waals surface area contributed by atoms with Crippen LogP contribution in [0.3, 0.4) is 0 Å². The molecule has 2 rings (SSSR count). The molecule has 154 valence electrons. The third-order valence-corrected chi connectivity index (χ3v) is 4.83. The Hall–Kier alpha value is -1.57. The largest absolute Gasteiger partial charge is 0.494 e. The second kappa shape index (κ2) is 10.3. The first-order valence-electron chi connectivity index (χ1n) is 9.10. The minimum Gasteiger partial charge on any atom is -0.494 e. The van der Waals surface area contributed by atoms with E-state index in [0.29, 0.717) is 11.3 Å². The summed E-state index contributed by atoms with van der Waals surface area (Å²) < 4.78 is 44.0. The number of pyridine rings is 1. The summed E-state index contributed by atoms with van der Waals surface area (Å²) >= 11 is 3.44. The Balaban J connectivity index is 2.24. The maximum atomic E-state index is 13.1. The lowest BCUT2D eigenvalue weighted by Gasteiger charge is -2.24. The fourth-order valence-electron chi connectivity index (χ4n) is 2.90. The van der Waals surface area contributed by atoms with E-state index in [1.165, 1.54) is 19.4 Å². The van der Waals surface area contributed by atoms with Gasteiger partial charge in [-0.05, 0) is 49.6 Å². The summed E-state index contributed by atoms with van der Waals surface area (Å²) in [6.07, 6.45) is 0.618. The smallest absolute Gasteiger partial charge is 0.280 e. The number of rotatable bonds is 10. The van der Waals surface area contributed by atoms with Gasteiger partial charge in [-0.2, -0.15) is 0 Å². The highest BCUT2D eigenvalue weighted by Gasteiger charge is 2.18. The van der Waals surface area contributed by atoms with Crippen LogP contribution in [-0.2, 0) is 16.1 Å². The topological polar surface area (TPSA) is 40.6 Å². The molecule has 0 bridgehead atoms. The summed E-state index contributed by atoms with van der Waals surface area (Å²) in [5.41, 5.74) is 1.57. The second-order valence-corrected chi connectivity index (χ2v) is 7.95. The van der Waals surface area contributed by atoms with Crippen LogP contribution in [0.5, 0.6) is 5.75 Å². The fraction of sp³-hybridized carbons (Fsp3) is 0.476. The number of aromatic nitrogens is 1. The van der Waals surface area contributed by atoms with Gasteiger partial charge >= 0.3 is 0 Å². The average molecular weight is 458 g/mol. The highest BCUT2D eigenvalue weighted by Crippen LogP contribution is 2.36. The minimum atomic E-state index is -2.66. The Morgan fingerprint density at radius 2 is 1.93 bits per heavy atom. The zero-order valence-corrected chi connectivity index (χ0v) is 18.2. The minimum absolute atomic E-state index is 0.151. The van der Waals surface area contributed by atoms with Crippen molar-refractivity contribution < 1.29 is 23.0 Å². The number of halogens is 3. The van der Waals surface area contributed by atoms with Gasteiger partial charge in [0.15, 0.2) is 0 Å². The van der Waals surface area contributed by atoms with Crippen molar-refractivity contribution in [3.05, 3.63) is 46.2 Å². The van der Waals surface area contributed by atoms with Gasteiger partial charge in [0.2, 0.25) is 0 Å². The molecule has 0 atom stereocenters. The number of ether oxygens (including phenoxy) is 3. The van der Waals surface area contributed by atoms with Gasteiger partial charge < -0.3 is 14.2 Å². The molecule has 7 heteroatoms. The van der Waals surface area contributed by atoms with Crippen LogP contribution >= 0.6 is 15.9 Å². The zero-order valence-electron chi connectivity index (χ0n) is 16.6. The first-order valence-corrected chi connectivity index (χ1v) is 9.89. The lowest BCUT2D eigenvalue weighted by Crippen LogP contribution is -2.25. The van der Waals surface area contributed by atoms with Crippen molar-refractivity contribution in [1.82, 2.24) is 4.98 Å². The predicted molar refractivity (Wildman–Crippen MR) is 109 cm³/mol. The standard InChI is InChI=1S/C21H26BrF2NO3/c1-5-8-21(2,3)28-13-27-12-14-6-7-15(22)9-16(14)17-10-18(20(23)24)25-11-19(17)26-4/h6-7,9-11,20H,5,8,12-13H2,1-4H3.